The molecule has 0 unspecified atom stereocenters. The van der Waals surface area contributed by atoms with E-state index in [1.54, 1.807) is 0 Å². The molecule has 3 N–H and O–H groups in total. The topological polar surface area (TPSA) is 55.1 Å². The number of benzene rings is 1. The van der Waals surface area contributed by atoms with Crippen molar-refractivity contribution in [3.63, 3.8) is 0 Å². The van der Waals surface area contributed by atoms with E-state index in [1.807, 2.05) is 24.3 Å². The van der Waals surface area contributed by atoms with Gasteiger partial charge in [-0.3, -0.25) is 4.79 Å². The van der Waals surface area contributed by atoms with E-state index in [4.69, 9.17) is 5.73 Å². The summed E-state index contributed by atoms with van der Waals surface area (Å²) in [6.07, 6.45) is 8.06. The summed E-state index contributed by atoms with van der Waals surface area (Å²) in [6.45, 7) is 0.577. The Labute approximate surface area is 115 Å². The minimum atomic E-state index is 0.0657. The second-order valence-corrected chi connectivity index (χ2v) is 5.36. The van der Waals surface area contributed by atoms with Crippen LogP contribution in [0.1, 0.15) is 54.4 Å². The van der Waals surface area contributed by atoms with Gasteiger partial charge in [0.1, 0.15) is 0 Å². The van der Waals surface area contributed by atoms with Gasteiger partial charge in [-0.05, 0) is 37.4 Å². The van der Waals surface area contributed by atoms with Crippen LogP contribution in [0.2, 0.25) is 0 Å². The third kappa shape index (κ3) is 4.06. The smallest absolute Gasteiger partial charge is 0.251 e. The number of hydrogen-bond acceptors (Lipinski definition) is 2. The lowest BCUT2D eigenvalue weighted by Crippen LogP contribution is -2.35. The molecule has 0 aromatic heterocycles. The van der Waals surface area contributed by atoms with Gasteiger partial charge in [0, 0.05) is 11.6 Å². The Bertz CT molecular complexity index is 409. The standard InChI is InChI=1S/C16H24N2O/c17-12-11-13-7-5-6-10-15(13)16(19)18-14-8-3-1-2-4-9-14/h5-7,10,14H,1-4,8-9,11-12,17H2,(H,18,19). The van der Waals surface area contributed by atoms with E-state index in [0.29, 0.717) is 12.6 Å². The van der Waals surface area contributed by atoms with Crippen LogP contribution in [-0.4, -0.2) is 18.5 Å². The Morgan fingerprint density at radius 1 is 1.16 bits per heavy atom. The average molecular weight is 260 g/mol. The van der Waals surface area contributed by atoms with Crippen LogP contribution in [0.3, 0.4) is 0 Å². The predicted octanol–water partition coefficient (Wildman–Crippen LogP) is 2.64. The van der Waals surface area contributed by atoms with Crippen molar-refractivity contribution in [2.45, 2.75) is 51.0 Å². The highest BCUT2D eigenvalue weighted by Gasteiger charge is 2.17. The number of rotatable bonds is 4. The molecule has 104 valence electrons. The molecule has 0 heterocycles. The first-order chi connectivity index (χ1) is 9.31. The summed E-state index contributed by atoms with van der Waals surface area (Å²) in [4.78, 5) is 12.4. The first-order valence-electron chi connectivity index (χ1n) is 7.40. The lowest BCUT2D eigenvalue weighted by atomic mass is 10.0. The normalized spacial score (nSPS) is 16.9. The highest BCUT2D eigenvalue weighted by molar-refractivity contribution is 5.95. The number of nitrogens with one attached hydrogen (secondary N) is 1. The van der Waals surface area contributed by atoms with Crippen molar-refractivity contribution in [1.29, 1.82) is 0 Å². The van der Waals surface area contributed by atoms with Crippen LogP contribution in [0.15, 0.2) is 24.3 Å². The zero-order valence-electron chi connectivity index (χ0n) is 11.5. The van der Waals surface area contributed by atoms with Gasteiger partial charge in [0.05, 0.1) is 0 Å². The molecule has 1 amide bonds. The van der Waals surface area contributed by atoms with Gasteiger partial charge < -0.3 is 11.1 Å². The summed E-state index contributed by atoms with van der Waals surface area (Å²) in [5, 5.41) is 3.19. The highest BCUT2D eigenvalue weighted by Crippen LogP contribution is 2.18. The summed E-state index contributed by atoms with van der Waals surface area (Å²) < 4.78 is 0. The van der Waals surface area contributed by atoms with E-state index >= 15 is 0 Å². The van der Waals surface area contributed by atoms with Crippen molar-refractivity contribution in [1.82, 2.24) is 5.32 Å². The molecule has 0 atom stereocenters. The van der Waals surface area contributed by atoms with Crippen LogP contribution in [0.5, 0.6) is 0 Å². The van der Waals surface area contributed by atoms with E-state index in [9.17, 15) is 4.79 Å². The minimum absolute atomic E-state index is 0.0657. The van der Waals surface area contributed by atoms with Gasteiger partial charge in [-0.15, -0.1) is 0 Å². The first-order valence-corrected chi connectivity index (χ1v) is 7.40. The highest BCUT2D eigenvalue weighted by atomic mass is 16.1. The second-order valence-electron chi connectivity index (χ2n) is 5.36. The number of amides is 1. The number of carbonyl (C=O) groups is 1. The lowest BCUT2D eigenvalue weighted by Gasteiger charge is -2.17. The van der Waals surface area contributed by atoms with Crippen molar-refractivity contribution in [2.75, 3.05) is 6.54 Å². The van der Waals surface area contributed by atoms with Crippen molar-refractivity contribution in [3.8, 4) is 0 Å². The molecule has 2 rings (SSSR count). The van der Waals surface area contributed by atoms with E-state index in [1.165, 1.54) is 25.7 Å². The third-order valence-electron chi connectivity index (χ3n) is 3.87. The Morgan fingerprint density at radius 2 is 1.84 bits per heavy atom. The Morgan fingerprint density at radius 3 is 2.53 bits per heavy atom. The molecule has 1 aliphatic rings. The van der Waals surface area contributed by atoms with Gasteiger partial charge in [-0.2, -0.15) is 0 Å². The van der Waals surface area contributed by atoms with E-state index < -0.39 is 0 Å². The van der Waals surface area contributed by atoms with Gasteiger partial charge in [0.2, 0.25) is 0 Å². The van der Waals surface area contributed by atoms with Crippen LogP contribution < -0.4 is 11.1 Å². The first kappa shape index (κ1) is 14.1. The molecule has 0 radical (unpaired) electrons. The molecule has 3 heteroatoms. The van der Waals surface area contributed by atoms with Crippen molar-refractivity contribution in [2.24, 2.45) is 5.73 Å². The largest absolute Gasteiger partial charge is 0.349 e. The number of nitrogens with two attached hydrogens (primary N) is 1. The fourth-order valence-corrected chi connectivity index (χ4v) is 2.80. The molecule has 1 fully saturated rings. The van der Waals surface area contributed by atoms with Crippen molar-refractivity contribution < 1.29 is 4.79 Å². The predicted molar refractivity (Wildman–Crippen MR) is 78.2 cm³/mol. The number of carbonyl (C=O) groups excluding carboxylic acids is 1. The fraction of sp³-hybridized carbons (Fsp3) is 0.562. The van der Waals surface area contributed by atoms with Gasteiger partial charge in [0.25, 0.3) is 5.91 Å². The summed E-state index contributed by atoms with van der Waals surface area (Å²) >= 11 is 0. The molecule has 1 aliphatic carbocycles. The minimum Gasteiger partial charge on any atom is -0.349 e. The SMILES string of the molecule is NCCc1ccccc1C(=O)NC1CCCCCC1. The maximum atomic E-state index is 12.4. The van der Waals surface area contributed by atoms with Crippen LogP contribution in [-0.2, 0) is 6.42 Å². The zero-order valence-corrected chi connectivity index (χ0v) is 11.5. The summed E-state index contributed by atoms with van der Waals surface area (Å²) in [6, 6.07) is 8.13. The quantitative estimate of drug-likeness (QED) is 0.818. The maximum absolute atomic E-state index is 12.4. The Kier molecular flexibility index (Phi) is 5.40. The molecule has 19 heavy (non-hydrogen) atoms. The lowest BCUT2D eigenvalue weighted by molar-refractivity contribution is 0.0932. The summed E-state index contributed by atoms with van der Waals surface area (Å²) in [5.41, 5.74) is 7.44. The molecule has 0 saturated heterocycles. The average Bonchev–Trinajstić information content (AvgIpc) is 2.68. The van der Waals surface area contributed by atoms with Gasteiger partial charge in [0.15, 0.2) is 0 Å². The van der Waals surface area contributed by atoms with Crippen molar-refractivity contribution in [3.05, 3.63) is 35.4 Å². The van der Waals surface area contributed by atoms with Crippen LogP contribution in [0, 0.1) is 0 Å². The van der Waals surface area contributed by atoms with Crippen LogP contribution in [0.25, 0.3) is 0 Å². The second kappa shape index (κ2) is 7.29. The Hall–Kier alpha value is -1.35. The van der Waals surface area contributed by atoms with Gasteiger partial charge >= 0.3 is 0 Å². The van der Waals surface area contributed by atoms with Gasteiger partial charge in [-0.25, -0.2) is 0 Å². The molecule has 3 nitrogen and oxygen atoms in total. The summed E-state index contributed by atoms with van der Waals surface area (Å²) in [7, 11) is 0. The molecule has 1 saturated carbocycles. The van der Waals surface area contributed by atoms with E-state index in [0.717, 1.165) is 30.4 Å². The summed E-state index contributed by atoms with van der Waals surface area (Å²) in [5.74, 6) is 0.0657. The molecular weight excluding hydrogens is 236 g/mol. The van der Waals surface area contributed by atoms with Gasteiger partial charge in [-0.1, -0.05) is 43.9 Å². The molecule has 1 aromatic rings. The molecule has 1 aromatic carbocycles. The van der Waals surface area contributed by atoms with Crippen LogP contribution >= 0.6 is 0 Å². The van der Waals surface area contributed by atoms with E-state index in [-0.39, 0.29) is 5.91 Å². The molecule has 0 aliphatic heterocycles. The molecule has 0 spiro atoms. The van der Waals surface area contributed by atoms with Crippen molar-refractivity contribution >= 4 is 5.91 Å². The molecule has 0 bridgehead atoms. The zero-order chi connectivity index (χ0) is 13.5. The number of hydrogen-bond donors (Lipinski definition) is 2. The monoisotopic (exact) mass is 260 g/mol. The Balaban J connectivity index is 2.02. The van der Waals surface area contributed by atoms with E-state index in [2.05, 4.69) is 5.32 Å². The fourth-order valence-electron chi connectivity index (χ4n) is 2.80. The molecular formula is C16H24N2O. The van der Waals surface area contributed by atoms with Crippen LogP contribution in [0.4, 0.5) is 0 Å². The maximum Gasteiger partial charge on any atom is 0.251 e. The third-order valence-corrected chi connectivity index (χ3v) is 3.87.